The van der Waals surface area contributed by atoms with Crippen LogP contribution in [0, 0.1) is 0 Å². The van der Waals surface area contributed by atoms with E-state index >= 15 is 0 Å². The second-order valence-corrected chi connectivity index (χ2v) is 8.96. The Bertz CT molecular complexity index is 1220. The fourth-order valence-electron chi connectivity index (χ4n) is 4.46. The van der Waals surface area contributed by atoms with Gasteiger partial charge < -0.3 is 15.2 Å². The quantitative estimate of drug-likeness (QED) is 0.508. The Labute approximate surface area is 204 Å². The fraction of sp³-hybridized carbons (Fsp3) is 0.296. The summed E-state index contributed by atoms with van der Waals surface area (Å²) in [6.07, 6.45) is 7.27. The Morgan fingerprint density at radius 3 is 2.15 bits per heavy atom. The summed E-state index contributed by atoms with van der Waals surface area (Å²) in [5.41, 5.74) is 1.09. The molecule has 2 N–H and O–H groups in total. The maximum atomic E-state index is 13.5. The molecule has 1 fully saturated rings. The summed E-state index contributed by atoms with van der Waals surface area (Å²) >= 11 is 6.07. The monoisotopic (exact) mass is 477 g/mol. The van der Waals surface area contributed by atoms with Crippen LogP contribution in [0.2, 0.25) is 5.02 Å². The molecule has 0 radical (unpaired) electrons. The Kier molecular flexibility index (Phi) is 7.48. The Morgan fingerprint density at radius 1 is 0.941 bits per heavy atom. The number of hydrogen-bond acceptors (Lipinski definition) is 3. The standard InChI is InChI=1S/C27H28ClN3O3/c1-2-29-26(33)22-16-31(21-10-6-7-11-21)17-23(25(22)32)27(34)30-24(18-8-4-3-5-9-18)19-12-14-20(28)15-13-19/h3-5,8-9,12-17,21,24H,2,6-7,10-11H2,1H3,(H,29,33)(H,30,34). The maximum Gasteiger partial charge on any atom is 0.257 e. The lowest BCUT2D eigenvalue weighted by Crippen LogP contribution is -2.37. The number of nitrogens with zero attached hydrogens (tertiary/aromatic N) is 1. The molecule has 2 aromatic carbocycles. The van der Waals surface area contributed by atoms with E-state index in [2.05, 4.69) is 10.6 Å². The number of nitrogens with one attached hydrogen (secondary N) is 2. The van der Waals surface area contributed by atoms with Gasteiger partial charge in [0.15, 0.2) is 0 Å². The lowest BCUT2D eigenvalue weighted by atomic mass is 9.98. The van der Waals surface area contributed by atoms with E-state index in [9.17, 15) is 14.4 Å². The first-order valence-corrected chi connectivity index (χ1v) is 12.0. The van der Waals surface area contributed by atoms with Gasteiger partial charge >= 0.3 is 0 Å². The van der Waals surface area contributed by atoms with Gasteiger partial charge in [-0.15, -0.1) is 0 Å². The first-order valence-electron chi connectivity index (χ1n) is 11.6. The van der Waals surface area contributed by atoms with Crippen molar-refractivity contribution in [2.45, 2.75) is 44.7 Å². The number of hydrogen-bond donors (Lipinski definition) is 2. The van der Waals surface area contributed by atoms with Crippen LogP contribution in [0.4, 0.5) is 0 Å². The van der Waals surface area contributed by atoms with Crippen molar-refractivity contribution in [2.24, 2.45) is 0 Å². The number of pyridine rings is 1. The van der Waals surface area contributed by atoms with Crippen molar-refractivity contribution in [3.8, 4) is 0 Å². The largest absolute Gasteiger partial charge is 0.352 e. The second-order valence-electron chi connectivity index (χ2n) is 8.53. The minimum atomic E-state index is -0.569. The minimum Gasteiger partial charge on any atom is -0.352 e. The molecule has 1 aliphatic carbocycles. The maximum absolute atomic E-state index is 13.5. The molecule has 34 heavy (non-hydrogen) atoms. The van der Waals surface area contributed by atoms with Gasteiger partial charge in [0, 0.05) is 30.0 Å². The molecule has 1 aliphatic rings. The van der Waals surface area contributed by atoms with E-state index in [0.717, 1.165) is 36.8 Å². The summed E-state index contributed by atoms with van der Waals surface area (Å²) in [5, 5.41) is 6.30. The third-order valence-corrected chi connectivity index (χ3v) is 6.48. The normalized spacial score (nSPS) is 14.5. The summed E-state index contributed by atoms with van der Waals surface area (Å²) in [4.78, 5) is 39.4. The highest BCUT2D eigenvalue weighted by atomic mass is 35.5. The van der Waals surface area contributed by atoms with Crippen LogP contribution in [-0.2, 0) is 0 Å². The first kappa shape index (κ1) is 23.8. The van der Waals surface area contributed by atoms with Gasteiger partial charge in [0.1, 0.15) is 11.1 Å². The number of amides is 2. The van der Waals surface area contributed by atoms with Crippen LogP contribution in [-0.4, -0.2) is 22.9 Å². The van der Waals surface area contributed by atoms with Crippen molar-refractivity contribution >= 4 is 23.4 Å². The fourth-order valence-corrected chi connectivity index (χ4v) is 4.58. The van der Waals surface area contributed by atoms with Gasteiger partial charge in [-0.3, -0.25) is 14.4 Å². The SMILES string of the molecule is CCNC(=O)c1cn(C2CCCC2)cc(C(=O)NC(c2ccccc2)c2ccc(Cl)cc2)c1=O. The summed E-state index contributed by atoms with van der Waals surface area (Å²) < 4.78 is 1.87. The van der Waals surface area contributed by atoms with Crippen LogP contribution in [0.25, 0.3) is 0 Å². The van der Waals surface area contributed by atoms with Gasteiger partial charge in [-0.1, -0.05) is 66.9 Å². The molecule has 0 spiro atoms. The van der Waals surface area contributed by atoms with Crippen molar-refractivity contribution in [2.75, 3.05) is 6.54 Å². The van der Waals surface area contributed by atoms with Gasteiger partial charge in [-0.25, -0.2) is 0 Å². The molecule has 0 aliphatic heterocycles. The highest BCUT2D eigenvalue weighted by molar-refractivity contribution is 6.30. The molecule has 176 valence electrons. The number of carbonyl (C=O) groups is 2. The zero-order valence-corrected chi connectivity index (χ0v) is 19.8. The molecule has 7 heteroatoms. The topological polar surface area (TPSA) is 80.2 Å². The number of rotatable bonds is 7. The zero-order valence-electron chi connectivity index (χ0n) is 19.1. The second kappa shape index (κ2) is 10.7. The smallest absolute Gasteiger partial charge is 0.257 e. The number of aromatic nitrogens is 1. The predicted octanol–water partition coefficient (Wildman–Crippen LogP) is 4.89. The number of carbonyl (C=O) groups excluding carboxylic acids is 2. The zero-order chi connectivity index (χ0) is 24.1. The van der Waals surface area contributed by atoms with Crippen LogP contribution in [0.3, 0.4) is 0 Å². The molecule has 1 aromatic heterocycles. The van der Waals surface area contributed by atoms with Crippen LogP contribution in [0.15, 0.2) is 71.8 Å². The van der Waals surface area contributed by atoms with Crippen molar-refractivity contribution < 1.29 is 9.59 Å². The highest BCUT2D eigenvalue weighted by Gasteiger charge is 2.25. The van der Waals surface area contributed by atoms with Crippen molar-refractivity contribution in [3.63, 3.8) is 0 Å². The van der Waals surface area contributed by atoms with Gasteiger partial charge in [-0.05, 0) is 43.0 Å². The van der Waals surface area contributed by atoms with Crippen molar-refractivity contribution in [1.29, 1.82) is 0 Å². The summed E-state index contributed by atoms with van der Waals surface area (Å²) in [7, 11) is 0. The predicted molar refractivity (Wildman–Crippen MR) is 133 cm³/mol. The van der Waals surface area contributed by atoms with Crippen LogP contribution >= 0.6 is 11.6 Å². The van der Waals surface area contributed by atoms with Crippen LogP contribution in [0.5, 0.6) is 0 Å². The van der Waals surface area contributed by atoms with Crippen molar-refractivity contribution in [1.82, 2.24) is 15.2 Å². The van der Waals surface area contributed by atoms with Crippen LogP contribution in [0.1, 0.15) is 76.5 Å². The number of benzene rings is 2. The van der Waals surface area contributed by atoms with E-state index in [1.807, 2.05) is 47.0 Å². The molecule has 1 unspecified atom stereocenters. The molecule has 1 atom stereocenters. The average molecular weight is 478 g/mol. The van der Waals surface area contributed by atoms with Gasteiger partial charge in [0.05, 0.1) is 6.04 Å². The summed E-state index contributed by atoms with van der Waals surface area (Å²) in [6, 6.07) is 16.4. The third kappa shape index (κ3) is 5.23. The molecule has 4 rings (SSSR count). The molecule has 3 aromatic rings. The van der Waals surface area contributed by atoms with E-state index < -0.39 is 23.3 Å². The average Bonchev–Trinajstić information content (AvgIpc) is 3.39. The lowest BCUT2D eigenvalue weighted by molar-refractivity contribution is 0.0940. The summed E-state index contributed by atoms with van der Waals surface area (Å²) in [5.74, 6) is -0.988. The molecule has 1 saturated carbocycles. The van der Waals surface area contributed by atoms with Crippen LogP contribution < -0.4 is 16.1 Å². The van der Waals surface area contributed by atoms with Gasteiger partial charge in [-0.2, -0.15) is 0 Å². The van der Waals surface area contributed by atoms with Gasteiger partial charge in [0.25, 0.3) is 11.8 Å². The van der Waals surface area contributed by atoms with Gasteiger partial charge in [0.2, 0.25) is 5.43 Å². The Hall–Kier alpha value is -3.38. The molecule has 2 amide bonds. The molecule has 1 heterocycles. The van der Waals surface area contributed by atoms with E-state index in [0.29, 0.717) is 11.6 Å². The van der Waals surface area contributed by atoms with Crippen molar-refractivity contribution in [3.05, 3.63) is 104 Å². The first-order chi connectivity index (χ1) is 16.5. The lowest BCUT2D eigenvalue weighted by Gasteiger charge is -2.21. The van der Waals surface area contributed by atoms with E-state index in [1.54, 1.807) is 31.5 Å². The molecule has 0 bridgehead atoms. The van der Waals surface area contributed by atoms with E-state index in [1.165, 1.54) is 0 Å². The minimum absolute atomic E-state index is 0.0100. The molecule has 6 nitrogen and oxygen atoms in total. The Balaban J connectivity index is 1.74. The molecular weight excluding hydrogens is 450 g/mol. The Morgan fingerprint density at radius 2 is 1.53 bits per heavy atom. The molecular formula is C27H28ClN3O3. The number of halogens is 1. The highest BCUT2D eigenvalue weighted by Crippen LogP contribution is 2.29. The van der Waals surface area contributed by atoms with E-state index in [-0.39, 0.29) is 17.2 Å². The third-order valence-electron chi connectivity index (χ3n) is 6.23. The van der Waals surface area contributed by atoms with E-state index in [4.69, 9.17) is 11.6 Å². The molecule has 0 saturated heterocycles. The summed E-state index contributed by atoms with van der Waals surface area (Å²) in [6.45, 7) is 2.19.